The Bertz CT molecular complexity index is 887. The lowest BCUT2D eigenvalue weighted by atomic mass is 9.87. The molecule has 0 fully saturated rings. The van der Waals surface area contributed by atoms with Crippen LogP contribution in [0.1, 0.15) is 31.9 Å². The van der Waals surface area contributed by atoms with Gasteiger partial charge in [0, 0.05) is 0 Å². The fraction of sp³-hybridized carbons (Fsp3) is 0.278. The highest BCUT2D eigenvalue weighted by Gasteiger charge is 2.14. The third-order valence-corrected chi connectivity index (χ3v) is 3.79. The molecule has 22 heavy (non-hydrogen) atoms. The van der Waals surface area contributed by atoms with Crippen LogP contribution in [0.2, 0.25) is 0 Å². The monoisotopic (exact) mass is 293 g/mol. The summed E-state index contributed by atoms with van der Waals surface area (Å²) in [6.45, 7) is 8.44. The van der Waals surface area contributed by atoms with Gasteiger partial charge >= 0.3 is 0 Å². The first-order valence-corrected chi connectivity index (χ1v) is 7.33. The highest BCUT2D eigenvalue weighted by atomic mass is 16.1. The Morgan fingerprint density at radius 1 is 1.00 bits per heavy atom. The highest BCUT2D eigenvalue weighted by Crippen LogP contribution is 2.22. The Hall–Kier alpha value is -2.49. The summed E-state index contributed by atoms with van der Waals surface area (Å²) in [5.41, 5.74) is 3.54. The van der Waals surface area contributed by atoms with Crippen LogP contribution in [-0.4, -0.2) is 15.0 Å². The fourth-order valence-corrected chi connectivity index (χ4v) is 2.43. The van der Waals surface area contributed by atoms with Gasteiger partial charge in [-0.05, 0) is 42.2 Å². The molecule has 1 aromatic heterocycles. The predicted octanol–water partition coefficient (Wildman–Crippen LogP) is 3.39. The van der Waals surface area contributed by atoms with E-state index in [2.05, 4.69) is 31.1 Å². The average Bonchev–Trinajstić information content (AvgIpc) is 2.47. The Morgan fingerprint density at radius 2 is 1.68 bits per heavy atom. The van der Waals surface area contributed by atoms with Crippen molar-refractivity contribution in [3.8, 4) is 5.69 Å². The molecule has 0 aliphatic heterocycles. The maximum Gasteiger partial charge on any atom is 0.282 e. The molecule has 0 atom stereocenters. The minimum atomic E-state index is -0.141. The fourth-order valence-electron chi connectivity index (χ4n) is 2.43. The standard InChI is InChI=1S/C18H19N3O/c1-12-5-10-16-15(11-12)17(22)21(20-19-16)14-8-6-13(7-9-14)18(2,3)4/h5-11H,1-4H3. The van der Waals surface area contributed by atoms with E-state index in [-0.39, 0.29) is 11.0 Å². The molecule has 112 valence electrons. The minimum Gasteiger partial charge on any atom is -0.267 e. The Balaban J connectivity index is 2.14. The van der Waals surface area contributed by atoms with Gasteiger partial charge in [0.15, 0.2) is 0 Å². The molecule has 0 radical (unpaired) electrons. The number of hydrogen-bond acceptors (Lipinski definition) is 3. The summed E-state index contributed by atoms with van der Waals surface area (Å²) >= 11 is 0. The summed E-state index contributed by atoms with van der Waals surface area (Å²) < 4.78 is 1.36. The molecule has 0 bridgehead atoms. The first-order valence-electron chi connectivity index (χ1n) is 7.33. The number of aryl methyl sites for hydroxylation is 1. The first-order chi connectivity index (χ1) is 10.4. The van der Waals surface area contributed by atoms with Crippen molar-refractivity contribution in [1.29, 1.82) is 0 Å². The van der Waals surface area contributed by atoms with Gasteiger partial charge in [-0.25, -0.2) is 0 Å². The second kappa shape index (κ2) is 5.05. The van der Waals surface area contributed by atoms with Crippen LogP contribution in [0.25, 0.3) is 16.6 Å². The topological polar surface area (TPSA) is 47.8 Å². The van der Waals surface area contributed by atoms with E-state index >= 15 is 0 Å². The van der Waals surface area contributed by atoms with Crippen molar-refractivity contribution < 1.29 is 0 Å². The third-order valence-electron chi connectivity index (χ3n) is 3.79. The van der Waals surface area contributed by atoms with E-state index in [4.69, 9.17) is 0 Å². The van der Waals surface area contributed by atoms with Gasteiger partial charge in [0.1, 0.15) is 5.52 Å². The molecule has 3 rings (SSSR count). The number of aromatic nitrogens is 3. The van der Waals surface area contributed by atoms with E-state index in [0.717, 1.165) is 11.3 Å². The molecule has 4 heteroatoms. The van der Waals surface area contributed by atoms with Crippen LogP contribution in [-0.2, 0) is 5.41 Å². The van der Waals surface area contributed by atoms with Gasteiger partial charge in [-0.2, -0.15) is 4.68 Å². The van der Waals surface area contributed by atoms with Gasteiger partial charge < -0.3 is 0 Å². The molecule has 0 aliphatic carbocycles. The Morgan fingerprint density at radius 3 is 2.32 bits per heavy atom. The van der Waals surface area contributed by atoms with E-state index < -0.39 is 0 Å². The van der Waals surface area contributed by atoms with Crippen LogP contribution in [0.4, 0.5) is 0 Å². The highest BCUT2D eigenvalue weighted by molar-refractivity contribution is 5.77. The summed E-state index contributed by atoms with van der Waals surface area (Å²) in [4.78, 5) is 12.6. The molecular formula is C18H19N3O. The largest absolute Gasteiger partial charge is 0.282 e. The number of rotatable bonds is 1. The van der Waals surface area contributed by atoms with Gasteiger partial charge in [0.2, 0.25) is 0 Å². The maximum atomic E-state index is 12.6. The molecule has 4 nitrogen and oxygen atoms in total. The Labute approximate surface area is 129 Å². The molecule has 0 unspecified atom stereocenters. The summed E-state index contributed by atoms with van der Waals surface area (Å²) in [6, 6.07) is 13.5. The molecule has 0 N–H and O–H groups in total. The zero-order valence-electron chi connectivity index (χ0n) is 13.3. The van der Waals surface area contributed by atoms with Crippen LogP contribution in [0.5, 0.6) is 0 Å². The lowest BCUT2D eigenvalue weighted by Crippen LogP contribution is -2.22. The molecule has 0 saturated carbocycles. The summed E-state index contributed by atoms with van der Waals surface area (Å²) in [5, 5.41) is 8.79. The van der Waals surface area contributed by atoms with Crippen molar-refractivity contribution in [2.24, 2.45) is 0 Å². The average molecular weight is 293 g/mol. The van der Waals surface area contributed by atoms with Gasteiger partial charge in [0.05, 0.1) is 11.1 Å². The molecule has 0 aliphatic rings. The van der Waals surface area contributed by atoms with E-state index in [9.17, 15) is 4.79 Å². The van der Waals surface area contributed by atoms with E-state index in [1.807, 2.05) is 49.4 Å². The zero-order valence-corrected chi connectivity index (χ0v) is 13.3. The van der Waals surface area contributed by atoms with E-state index in [1.165, 1.54) is 10.2 Å². The predicted molar refractivity (Wildman–Crippen MR) is 88.6 cm³/mol. The molecule has 1 heterocycles. The summed E-state index contributed by atoms with van der Waals surface area (Å²) in [5.74, 6) is 0. The van der Waals surface area contributed by atoms with Crippen molar-refractivity contribution in [3.05, 3.63) is 63.9 Å². The van der Waals surface area contributed by atoms with Crippen molar-refractivity contribution in [3.63, 3.8) is 0 Å². The molecular weight excluding hydrogens is 274 g/mol. The van der Waals surface area contributed by atoms with E-state index in [0.29, 0.717) is 10.9 Å². The first kappa shape index (κ1) is 14.4. The van der Waals surface area contributed by atoms with Crippen LogP contribution < -0.4 is 5.56 Å². The molecule has 0 saturated heterocycles. The van der Waals surface area contributed by atoms with E-state index in [1.54, 1.807) is 0 Å². The van der Waals surface area contributed by atoms with Gasteiger partial charge in [-0.3, -0.25) is 4.79 Å². The zero-order chi connectivity index (χ0) is 15.9. The maximum absolute atomic E-state index is 12.6. The van der Waals surface area contributed by atoms with Crippen LogP contribution in [0, 0.1) is 6.92 Å². The van der Waals surface area contributed by atoms with Gasteiger partial charge in [0.25, 0.3) is 5.56 Å². The van der Waals surface area contributed by atoms with Gasteiger partial charge in [-0.1, -0.05) is 49.7 Å². The lowest BCUT2D eigenvalue weighted by Gasteiger charge is -2.19. The van der Waals surface area contributed by atoms with Crippen molar-refractivity contribution >= 4 is 10.9 Å². The third kappa shape index (κ3) is 2.52. The number of benzene rings is 2. The second-order valence-corrected chi connectivity index (χ2v) is 6.62. The second-order valence-electron chi connectivity index (χ2n) is 6.62. The van der Waals surface area contributed by atoms with Crippen LogP contribution in [0.3, 0.4) is 0 Å². The molecule has 2 aromatic carbocycles. The SMILES string of the molecule is Cc1ccc2nnn(-c3ccc(C(C)(C)C)cc3)c(=O)c2c1. The normalized spacial score (nSPS) is 11.8. The molecule has 0 amide bonds. The lowest BCUT2D eigenvalue weighted by molar-refractivity contribution is 0.589. The van der Waals surface area contributed by atoms with Crippen molar-refractivity contribution in [1.82, 2.24) is 15.0 Å². The number of fused-ring (bicyclic) bond motifs is 1. The smallest absolute Gasteiger partial charge is 0.267 e. The van der Waals surface area contributed by atoms with Gasteiger partial charge in [-0.15, -0.1) is 5.10 Å². The number of nitrogens with zero attached hydrogens (tertiary/aromatic N) is 3. The summed E-state index contributed by atoms with van der Waals surface area (Å²) in [6.07, 6.45) is 0. The molecule has 0 spiro atoms. The van der Waals surface area contributed by atoms with Crippen molar-refractivity contribution in [2.45, 2.75) is 33.1 Å². The Kier molecular flexibility index (Phi) is 3.32. The molecule has 3 aromatic rings. The summed E-state index contributed by atoms with van der Waals surface area (Å²) in [7, 11) is 0. The quantitative estimate of drug-likeness (QED) is 0.691. The van der Waals surface area contributed by atoms with Crippen molar-refractivity contribution in [2.75, 3.05) is 0 Å². The van der Waals surface area contributed by atoms with Crippen LogP contribution in [0.15, 0.2) is 47.3 Å². The van der Waals surface area contributed by atoms with Crippen LogP contribution >= 0.6 is 0 Å². The number of hydrogen-bond donors (Lipinski definition) is 0. The minimum absolute atomic E-state index is 0.0790.